The Hall–Kier alpha value is -0.940. The molecule has 2 heterocycles. The number of nitrogens with zero attached hydrogens (tertiary/aromatic N) is 2. The summed E-state index contributed by atoms with van der Waals surface area (Å²) in [5, 5.41) is 0.946. The Bertz CT molecular complexity index is 378. The van der Waals surface area contributed by atoms with Gasteiger partial charge in [0.1, 0.15) is 0 Å². The first-order chi connectivity index (χ1) is 7.74. The molecule has 88 valence electrons. The third kappa shape index (κ3) is 2.25. The highest BCUT2D eigenvalue weighted by Gasteiger charge is 2.22. The number of piperidine rings is 1. The minimum Gasteiger partial charge on any atom is -0.380 e. The first kappa shape index (κ1) is 11.5. The molecule has 0 aliphatic carbocycles. The predicted molar refractivity (Wildman–Crippen MR) is 64.5 cm³/mol. The second-order valence-electron chi connectivity index (χ2n) is 4.01. The van der Waals surface area contributed by atoms with E-state index in [1.807, 2.05) is 6.92 Å². The maximum Gasteiger partial charge on any atom is 0.186 e. The number of thiazole rings is 1. The molecule has 1 unspecified atom stereocenters. The zero-order valence-corrected chi connectivity index (χ0v) is 10.4. The fraction of sp³-hybridized carbons (Fsp3) is 0.636. The molecule has 5 heteroatoms. The number of methoxy groups -OCH3 is 1. The fourth-order valence-corrected chi connectivity index (χ4v) is 2.86. The lowest BCUT2D eigenvalue weighted by Crippen LogP contribution is -2.39. The topological polar surface area (TPSA) is 42.4 Å². The zero-order chi connectivity index (χ0) is 11.5. The number of anilines is 1. The van der Waals surface area contributed by atoms with Crippen LogP contribution in [0.1, 0.15) is 28.2 Å². The smallest absolute Gasteiger partial charge is 0.186 e. The van der Waals surface area contributed by atoms with Crippen LogP contribution in [0.4, 0.5) is 5.13 Å². The summed E-state index contributed by atoms with van der Waals surface area (Å²) in [5.41, 5.74) is 0.828. The van der Waals surface area contributed by atoms with Crippen molar-refractivity contribution in [3.8, 4) is 0 Å². The number of rotatable bonds is 3. The highest BCUT2D eigenvalue weighted by atomic mass is 32.1. The fourth-order valence-electron chi connectivity index (χ4n) is 1.94. The van der Waals surface area contributed by atoms with Crippen LogP contribution in [0.15, 0.2) is 0 Å². The molecule has 0 spiro atoms. The van der Waals surface area contributed by atoms with Gasteiger partial charge in [-0.15, -0.1) is 0 Å². The normalized spacial score (nSPS) is 21.1. The van der Waals surface area contributed by atoms with E-state index in [0.29, 0.717) is 0 Å². The first-order valence-corrected chi connectivity index (χ1v) is 6.26. The first-order valence-electron chi connectivity index (χ1n) is 5.45. The predicted octanol–water partition coefficient (Wildman–Crippen LogP) is 1.88. The standard InChI is InChI=1S/C11H16N2O2S/c1-8-10(7-14)16-11(12-8)13-5-3-4-9(6-13)15-2/h7,9H,3-6H2,1-2H3. The summed E-state index contributed by atoms with van der Waals surface area (Å²) in [7, 11) is 1.75. The molecule has 0 radical (unpaired) electrons. The number of carbonyl (C=O) groups excluding carboxylic acids is 1. The maximum atomic E-state index is 10.8. The van der Waals surface area contributed by atoms with Crippen LogP contribution >= 0.6 is 11.3 Å². The van der Waals surface area contributed by atoms with Crippen LogP contribution in [-0.4, -0.2) is 37.6 Å². The number of aryl methyl sites for hydroxylation is 1. The molecule has 1 atom stereocenters. The van der Waals surface area contributed by atoms with Crippen LogP contribution in [0.5, 0.6) is 0 Å². The van der Waals surface area contributed by atoms with Crippen molar-refractivity contribution in [1.82, 2.24) is 4.98 Å². The molecule has 1 fully saturated rings. The molecule has 0 N–H and O–H groups in total. The average molecular weight is 240 g/mol. The number of hydrogen-bond donors (Lipinski definition) is 0. The minimum atomic E-state index is 0.289. The molecule has 4 nitrogen and oxygen atoms in total. The Labute approximate surface area is 99.2 Å². The van der Waals surface area contributed by atoms with Crippen molar-refractivity contribution < 1.29 is 9.53 Å². The van der Waals surface area contributed by atoms with Gasteiger partial charge in [-0.1, -0.05) is 11.3 Å². The minimum absolute atomic E-state index is 0.289. The van der Waals surface area contributed by atoms with E-state index in [1.54, 1.807) is 7.11 Å². The summed E-state index contributed by atoms with van der Waals surface area (Å²) < 4.78 is 5.37. The van der Waals surface area contributed by atoms with Crippen molar-refractivity contribution in [3.05, 3.63) is 10.6 Å². The van der Waals surface area contributed by atoms with E-state index in [-0.39, 0.29) is 6.10 Å². The number of aldehydes is 1. The highest BCUT2D eigenvalue weighted by Crippen LogP contribution is 2.27. The Morgan fingerprint density at radius 3 is 3.06 bits per heavy atom. The van der Waals surface area contributed by atoms with Crippen LogP contribution < -0.4 is 4.90 Å². The van der Waals surface area contributed by atoms with Gasteiger partial charge < -0.3 is 9.64 Å². The lowest BCUT2D eigenvalue weighted by Gasteiger charge is -2.31. The van der Waals surface area contributed by atoms with E-state index < -0.39 is 0 Å². The number of aromatic nitrogens is 1. The van der Waals surface area contributed by atoms with Gasteiger partial charge in [-0.05, 0) is 19.8 Å². The molecule has 0 amide bonds. The number of hydrogen-bond acceptors (Lipinski definition) is 5. The van der Waals surface area contributed by atoms with Crippen LogP contribution in [0.2, 0.25) is 0 Å². The molecule has 16 heavy (non-hydrogen) atoms. The van der Waals surface area contributed by atoms with Crippen LogP contribution in [-0.2, 0) is 4.74 Å². The van der Waals surface area contributed by atoms with Crippen LogP contribution in [0.25, 0.3) is 0 Å². The van der Waals surface area contributed by atoms with Gasteiger partial charge in [0.2, 0.25) is 0 Å². The van der Waals surface area contributed by atoms with Gasteiger partial charge >= 0.3 is 0 Å². The van der Waals surface area contributed by atoms with E-state index >= 15 is 0 Å². The summed E-state index contributed by atoms with van der Waals surface area (Å²) in [6.45, 7) is 3.76. The summed E-state index contributed by atoms with van der Waals surface area (Å²) in [4.78, 5) is 18.1. The van der Waals surface area contributed by atoms with E-state index in [0.717, 1.165) is 47.9 Å². The van der Waals surface area contributed by atoms with Gasteiger partial charge in [-0.2, -0.15) is 0 Å². The maximum absolute atomic E-state index is 10.8. The van der Waals surface area contributed by atoms with Crippen LogP contribution in [0.3, 0.4) is 0 Å². The number of carbonyl (C=O) groups is 1. The van der Waals surface area contributed by atoms with Gasteiger partial charge in [-0.25, -0.2) is 4.98 Å². The lowest BCUT2D eigenvalue weighted by molar-refractivity contribution is 0.0893. The van der Waals surface area contributed by atoms with Gasteiger partial charge in [0.05, 0.1) is 16.7 Å². The third-order valence-corrected chi connectivity index (χ3v) is 4.05. The Balaban J connectivity index is 2.13. The van der Waals surface area contributed by atoms with E-state index in [1.165, 1.54) is 11.3 Å². The van der Waals surface area contributed by atoms with Crippen molar-refractivity contribution >= 4 is 22.8 Å². The van der Waals surface area contributed by atoms with E-state index in [9.17, 15) is 4.79 Å². The largest absolute Gasteiger partial charge is 0.380 e. The Kier molecular flexibility index (Phi) is 3.56. The molecule has 1 aromatic heterocycles. The SMILES string of the molecule is COC1CCCN(c2nc(C)c(C=O)s2)C1. The Morgan fingerprint density at radius 2 is 2.44 bits per heavy atom. The molecule has 0 aromatic carbocycles. The molecule has 1 aliphatic heterocycles. The van der Waals surface area contributed by atoms with Crippen molar-refractivity contribution in [1.29, 1.82) is 0 Å². The third-order valence-electron chi connectivity index (χ3n) is 2.91. The molecular weight excluding hydrogens is 224 g/mol. The molecule has 0 saturated carbocycles. The van der Waals surface area contributed by atoms with Crippen molar-refractivity contribution in [2.75, 3.05) is 25.1 Å². The second kappa shape index (κ2) is 4.93. The van der Waals surface area contributed by atoms with Gasteiger partial charge in [-0.3, -0.25) is 4.79 Å². The van der Waals surface area contributed by atoms with E-state index in [4.69, 9.17) is 4.74 Å². The quantitative estimate of drug-likeness (QED) is 0.757. The summed E-state index contributed by atoms with van der Waals surface area (Å²) in [5.74, 6) is 0. The van der Waals surface area contributed by atoms with Gasteiger partial charge in [0, 0.05) is 20.2 Å². The van der Waals surface area contributed by atoms with E-state index in [2.05, 4.69) is 9.88 Å². The molecule has 0 bridgehead atoms. The second-order valence-corrected chi connectivity index (χ2v) is 5.02. The molecule has 1 aliphatic rings. The van der Waals surface area contributed by atoms with Crippen molar-refractivity contribution in [3.63, 3.8) is 0 Å². The van der Waals surface area contributed by atoms with Crippen molar-refractivity contribution in [2.45, 2.75) is 25.9 Å². The zero-order valence-electron chi connectivity index (χ0n) is 9.60. The molecule has 1 aromatic rings. The molecular formula is C11H16N2O2S. The van der Waals surface area contributed by atoms with Crippen LogP contribution in [0, 0.1) is 6.92 Å². The highest BCUT2D eigenvalue weighted by molar-refractivity contribution is 7.17. The van der Waals surface area contributed by atoms with Gasteiger partial charge in [0.15, 0.2) is 11.4 Å². The summed E-state index contributed by atoms with van der Waals surface area (Å²) in [6, 6.07) is 0. The van der Waals surface area contributed by atoms with Gasteiger partial charge in [0.25, 0.3) is 0 Å². The average Bonchev–Trinajstić information content (AvgIpc) is 2.71. The summed E-state index contributed by atoms with van der Waals surface area (Å²) in [6.07, 6.45) is 3.40. The molecule has 2 rings (SSSR count). The monoisotopic (exact) mass is 240 g/mol. The summed E-state index contributed by atoms with van der Waals surface area (Å²) >= 11 is 1.47. The lowest BCUT2D eigenvalue weighted by atomic mass is 10.1. The molecule has 1 saturated heterocycles. The Morgan fingerprint density at radius 1 is 1.62 bits per heavy atom. The number of ether oxygens (including phenoxy) is 1. The van der Waals surface area contributed by atoms with Crippen molar-refractivity contribution in [2.24, 2.45) is 0 Å².